The third-order valence-electron chi connectivity index (χ3n) is 2.90. The SMILES string of the molecule is O=S(=O)(NCc1ncc(-c2ccccc2)[nH]1)c1cccs1. The number of H-pyrrole nitrogens is 1. The molecule has 3 rings (SSSR count). The van der Waals surface area contributed by atoms with Crippen LogP contribution in [0.3, 0.4) is 0 Å². The molecular weight excluding hydrogens is 306 g/mol. The summed E-state index contributed by atoms with van der Waals surface area (Å²) in [7, 11) is -3.46. The molecule has 0 aliphatic heterocycles. The zero-order chi connectivity index (χ0) is 14.7. The lowest BCUT2D eigenvalue weighted by Crippen LogP contribution is -2.22. The number of benzene rings is 1. The van der Waals surface area contributed by atoms with Gasteiger partial charge in [-0.1, -0.05) is 36.4 Å². The average molecular weight is 319 g/mol. The number of imidazole rings is 1. The number of nitrogens with one attached hydrogen (secondary N) is 2. The first-order valence-electron chi connectivity index (χ1n) is 6.28. The van der Waals surface area contributed by atoms with E-state index in [0.29, 0.717) is 10.0 Å². The predicted molar refractivity (Wildman–Crippen MR) is 82.4 cm³/mol. The zero-order valence-corrected chi connectivity index (χ0v) is 12.6. The summed E-state index contributed by atoms with van der Waals surface area (Å²) >= 11 is 1.19. The van der Waals surface area contributed by atoms with Crippen molar-refractivity contribution in [2.24, 2.45) is 0 Å². The zero-order valence-electron chi connectivity index (χ0n) is 11.0. The molecule has 0 aliphatic rings. The molecule has 0 saturated heterocycles. The largest absolute Gasteiger partial charge is 0.341 e. The summed E-state index contributed by atoms with van der Waals surface area (Å²) in [6.07, 6.45) is 1.70. The van der Waals surface area contributed by atoms with Crippen molar-refractivity contribution in [2.75, 3.05) is 0 Å². The van der Waals surface area contributed by atoms with Gasteiger partial charge in [0.2, 0.25) is 10.0 Å². The Morgan fingerprint density at radius 2 is 1.95 bits per heavy atom. The molecule has 2 N–H and O–H groups in total. The van der Waals surface area contributed by atoms with Crippen molar-refractivity contribution in [3.05, 3.63) is 59.9 Å². The van der Waals surface area contributed by atoms with Crippen molar-refractivity contribution < 1.29 is 8.42 Å². The molecule has 0 radical (unpaired) electrons. The van der Waals surface area contributed by atoms with Gasteiger partial charge in [0, 0.05) is 0 Å². The van der Waals surface area contributed by atoms with Gasteiger partial charge >= 0.3 is 0 Å². The van der Waals surface area contributed by atoms with E-state index in [9.17, 15) is 8.42 Å². The van der Waals surface area contributed by atoms with Crippen molar-refractivity contribution in [1.29, 1.82) is 0 Å². The smallest absolute Gasteiger partial charge is 0.250 e. The summed E-state index contributed by atoms with van der Waals surface area (Å²) in [5.74, 6) is 0.578. The Balaban J connectivity index is 1.71. The summed E-state index contributed by atoms with van der Waals surface area (Å²) in [6, 6.07) is 13.0. The second-order valence-corrected chi connectivity index (χ2v) is 7.31. The summed E-state index contributed by atoms with van der Waals surface area (Å²) < 4.78 is 26.8. The molecule has 0 unspecified atom stereocenters. The number of hydrogen-bond acceptors (Lipinski definition) is 4. The Labute approximate surface area is 126 Å². The van der Waals surface area contributed by atoms with E-state index in [4.69, 9.17) is 0 Å². The average Bonchev–Trinajstić information content (AvgIpc) is 3.18. The van der Waals surface area contributed by atoms with Crippen LogP contribution in [-0.2, 0) is 16.6 Å². The first-order valence-corrected chi connectivity index (χ1v) is 8.64. The van der Waals surface area contributed by atoms with Crippen LogP contribution in [-0.4, -0.2) is 18.4 Å². The molecule has 2 heterocycles. The Morgan fingerprint density at radius 3 is 2.67 bits per heavy atom. The van der Waals surface area contributed by atoms with E-state index in [1.807, 2.05) is 30.3 Å². The maximum atomic E-state index is 12.0. The first kappa shape index (κ1) is 14.0. The van der Waals surface area contributed by atoms with Gasteiger partial charge in [-0.05, 0) is 17.0 Å². The summed E-state index contributed by atoms with van der Waals surface area (Å²) in [6.45, 7) is 0.132. The van der Waals surface area contributed by atoms with Gasteiger partial charge in [0.1, 0.15) is 10.0 Å². The van der Waals surface area contributed by atoms with Gasteiger partial charge in [-0.15, -0.1) is 11.3 Å². The molecule has 0 fully saturated rings. The van der Waals surface area contributed by atoms with Crippen molar-refractivity contribution in [3.63, 3.8) is 0 Å². The molecule has 0 saturated carbocycles. The fraction of sp³-hybridized carbons (Fsp3) is 0.0714. The molecule has 0 bridgehead atoms. The second kappa shape index (κ2) is 5.80. The minimum atomic E-state index is -3.46. The number of sulfonamides is 1. The van der Waals surface area contributed by atoms with Crippen LogP contribution < -0.4 is 4.72 Å². The Morgan fingerprint density at radius 1 is 1.14 bits per heavy atom. The second-order valence-electron chi connectivity index (χ2n) is 4.37. The van der Waals surface area contributed by atoms with Gasteiger partial charge in [0.25, 0.3) is 0 Å². The third-order valence-corrected chi connectivity index (χ3v) is 5.70. The number of hydrogen-bond donors (Lipinski definition) is 2. The highest BCUT2D eigenvalue weighted by Gasteiger charge is 2.15. The quantitative estimate of drug-likeness (QED) is 0.759. The van der Waals surface area contributed by atoms with Crippen LogP contribution in [0.4, 0.5) is 0 Å². The van der Waals surface area contributed by atoms with E-state index in [1.54, 1.807) is 23.7 Å². The van der Waals surface area contributed by atoms with Crippen molar-refractivity contribution >= 4 is 21.4 Å². The molecule has 0 spiro atoms. The van der Waals surface area contributed by atoms with E-state index in [0.717, 1.165) is 11.3 Å². The topological polar surface area (TPSA) is 74.8 Å². The molecular formula is C14H13N3O2S2. The highest BCUT2D eigenvalue weighted by atomic mass is 32.2. The van der Waals surface area contributed by atoms with Crippen LogP contribution in [0.25, 0.3) is 11.3 Å². The van der Waals surface area contributed by atoms with Crippen molar-refractivity contribution in [3.8, 4) is 11.3 Å². The Bertz CT molecular complexity index is 809. The lowest BCUT2D eigenvalue weighted by molar-refractivity contribution is 0.582. The van der Waals surface area contributed by atoms with Gasteiger partial charge in [-0.3, -0.25) is 0 Å². The number of rotatable bonds is 5. The number of nitrogens with zero attached hydrogens (tertiary/aromatic N) is 1. The molecule has 3 aromatic rings. The van der Waals surface area contributed by atoms with E-state index in [-0.39, 0.29) is 6.54 Å². The summed E-state index contributed by atoms with van der Waals surface area (Å²) in [4.78, 5) is 7.31. The number of aromatic nitrogens is 2. The molecule has 0 atom stereocenters. The summed E-state index contributed by atoms with van der Waals surface area (Å²) in [5.41, 5.74) is 1.87. The highest BCUT2D eigenvalue weighted by Crippen LogP contribution is 2.17. The standard InChI is InChI=1S/C14H13N3O2S2/c18-21(19,14-7-4-8-20-14)16-10-13-15-9-12(17-13)11-5-2-1-3-6-11/h1-9,16H,10H2,(H,15,17). The maximum absolute atomic E-state index is 12.0. The number of aromatic amines is 1. The van der Waals surface area contributed by atoms with Gasteiger partial charge < -0.3 is 4.98 Å². The molecule has 21 heavy (non-hydrogen) atoms. The predicted octanol–water partition coefficient (Wildman–Crippen LogP) is 2.62. The maximum Gasteiger partial charge on any atom is 0.250 e. The van der Waals surface area contributed by atoms with Crippen molar-refractivity contribution in [2.45, 2.75) is 10.8 Å². The fourth-order valence-corrected chi connectivity index (χ4v) is 3.89. The fourth-order valence-electron chi connectivity index (χ4n) is 1.87. The normalized spacial score (nSPS) is 11.6. The molecule has 0 amide bonds. The molecule has 108 valence electrons. The Kier molecular flexibility index (Phi) is 3.87. The van der Waals surface area contributed by atoms with Gasteiger partial charge in [-0.25, -0.2) is 18.1 Å². The lowest BCUT2D eigenvalue weighted by atomic mass is 10.2. The van der Waals surface area contributed by atoms with Crippen LogP contribution in [0.15, 0.2) is 58.3 Å². The molecule has 0 aliphatic carbocycles. The highest BCUT2D eigenvalue weighted by molar-refractivity contribution is 7.91. The molecule has 1 aromatic carbocycles. The van der Waals surface area contributed by atoms with Crippen LogP contribution >= 0.6 is 11.3 Å². The third kappa shape index (κ3) is 3.21. The van der Waals surface area contributed by atoms with E-state index in [2.05, 4.69) is 14.7 Å². The van der Waals surface area contributed by atoms with Gasteiger partial charge in [0.15, 0.2) is 0 Å². The van der Waals surface area contributed by atoms with E-state index in [1.165, 1.54) is 11.3 Å². The molecule has 7 heteroatoms. The first-order chi connectivity index (χ1) is 10.1. The minimum Gasteiger partial charge on any atom is -0.341 e. The van der Waals surface area contributed by atoms with Gasteiger partial charge in [-0.2, -0.15) is 0 Å². The monoisotopic (exact) mass is 319 g/mol. The Hall–Kier alpha value is -1.96. The van der Waals surface area contributed by atoms with Crippen molar-refractivity contribution in [1.82, 2.24) is 14.7 Å². The van der Waals surface area contributed by atoms with Crippen LogP contribution in [0, 0.1) is 0 Å². The van der Waals surface area contributed by atoms with Crippen LogP contribution in [0.2, 0.25) is 0 Å². The lowest BCUT2D eigenvalue weighted by Gasteiger charge is -2.02. The van der Waals surface area contributed by atoms with Crippen LogP contribution in [0.1, 0.15) is 5.82 Å². The van der Waals surface area contributed by atoms with Crippen LogP contribution in [0.5, 0.6) is 0 Å². The molecule has 5 nitrogen and oxygen atoms in total. The summed E-state index contributed by atoms with van der Waals surface area (Å²) in [5, 5.41) is 1.73. The number of thiophene rings is 1. The van der Waals surface area contributed by atoms with Gasteiger partial charge in [0.05, 0.1) is 18.4 Å². The molecule has 2 aromatic heterocycles. The minimum absolute atomic E-state index is 0.132. The van der Waals surface area contributed by atoms with E-state index >= 15 is 0 Å². The van der Waals surface area contributed by atoms with E-state index < -0.39 is 10.0 Å².